The van der Waals surface area contributed by atoms with E-state index in [9.17, 15) is 24.4 Å². The zero-order valence-electron chi connectivity index (χ0n) is 21.5. The van der Waals surface area contributed by atoms with E-state index in [0.29, 0.717) is 0 Å². The van der Waals surface area contributed by atoms with Crippen molar-refractivity contribution in [1.82, 2.24) is 10.3 Å². The van der Waals surface area contributed by atoms with Crippen molar-refractivity contribution in [1.29, 1.82) is 0 Å². The van der Waals surface area contributed by atoms with Gasteiger partial charge < -0.3 is 24.2 Å². The van der Waals surface area contributed by atoms with Gasteiger partial charge in [-0.3, -0.25) is 4.90 Å². The summed E-state index contributed by atoms with van der Waals surface area (Å²) in [7, 11) is 0. The number of hydrogen-bond acceptors (Lipinski definition) is 9. The Hall–Kier alpha value is -5.04. The van der Waals surface area contributed by atoms with Gasteiger partial charge in [-0.05, 0) is 36.4 Å². The summed E-state index contributed by atoms with van der Waals surface area (Å²) in [4.78, 5) is 52.7. The number of hydrogen-bond donors (Lipinski definition) is 2. The Bertz CT molecular complexity index is 1420. The molecule has 1 unspecified atom stereocenters. The van der Waals surface area contributed by atoms with Gasteiger partial charge in [0.15, 0.2) is 18.4 Å². The monoisotopic (exact) mass is 559 g/mol. The minimum atomic E-state index is -1.38. The fourth-order valence-electron chi connectivity index (χ4n) is 4.31. The molecule has 5 atom stereocenters. The topological polar surface area (TPSA) is 148 Å². The van der Waals surface area contributed by atoms with Crippen molar-refractivity contribution in [2.24, 2.45) is 0 Å². The summed E-state index contributed by atoms with van der Waals surface area (Å²) in [6.07, 6.45) is -2.94. The molecule has 0 aliphatic carbocycles. The van der Waals surface area contributed by atoms with Crippen LogP contribution in [-0.2, 0) is 18.9 Å². The van der Waals surface area contributed by atoms with E-state index in [1.807, 2.05) is 0 Å². The predicted molar refractivity (Wildman–Crippen MR) is 141 cm³/mol. The third kappa shape index (κ3) is 6.41. The lowest BCUT2D eigenvalue weighted by atomic mass is 10.1. The van der Waals surface area contributed by atoms with Crippen LogP contribution in [0.1, 0.15) is 31.1 Å². The quantitative estimate of drug-likeness (QED) is 0.240. The molecule has 12 nitrogen and oxygen atoms in total. The molecule has 3 aromatic rings. The first-order valence-corrected chi connectivity index (χ1v) is 12.6. The lowest BCUT2D eigenvalue weighted by Crippen LogP contribution is -3.12. The molecule has 12 heteroatoms. The molecule has 41 heavy (non-hydrogen) atoms. The molecule has 2 amide bonds. The maximum atomic E-state index is 13.1. The third-order valence-corrected chi connectivity index (χ3v) is 6.30. The van der Waals surface area contributed by atoms with Gasteiger partial charge in [-0.15, -0.1) is 0 Å². The van der Waals surface area contributed by atoms with Crippen LogP contribution in [0.4, 0.5) is 4.79 Å². The van der Waals surface area contributed by atoms with Crippen LogP contribution in [0.3, 0.4) is 0 Å². The van der Waals surface area contributed by atoms with Crippen LogP contribution in [0.5, 0.6) is 0 Å². The van der Waals surface area contributed by atoms with Gasteiger partial charge in [0.05, 0.1) is 22.9 Å². The third-order valence-electron chi connectivity index (χ3n) is 6.30. The Labute approximate surface area is 234 Å². The molecule has 0 spiro atoms. The first-order valence-electron chi connectivity index (χ1n) is 12.6. The summed E-state index contributed by atoms with van der Waals surface area (Å²) < 4.78 is 23.1. The van der Waals surface area contributed by atoms with Crippen molar-refractivity contribution in [3.05, 3.63) is 125 Å². The number of carbonyl (C=O) groups is 4. The average Bonchev–Trinajstić information content (AvgIpc) is 3.33. The number of hydroxylamine groups is 1. The van der Waals surface area contributed by atoms with Gasteiger partial charge in [-0.2, -0.15) is 5.43 Å². The number of amides is 2. The van der Waals surface area contributed by atoms with Crippen molar-refractivity contribution >= 4 is 23.9 Å². The molecule has 1 saturated heterocycles. The molecule has 2 N–H and O–H groups in total. The van der Waals surface area contributed by atoms with Crippen molar-refractivity contribution in [3.8, 4) is 0 Å². The predicted octanol–water partition coefficient (Wildman–Crippen LogP) is 1.81. The molecule has 2 aliphatic rings. The molecule has 0 aromatic heterocycles. The van der Waals surface area contributed by atoms with Crippen LogP contribution in [0.2, 0.25) is 0 Å². The van der Waals surface area contributed by atoms with E-state index in [4.69, 9.17) is 18.9 Å². The fourth-order valence-corrected chi connectivity index (χ4v) is 4.31. The highest BCUT2D eigenvalue weighted by Crippen LogP contribution is 2.31. The molecule has 0 saturated carbocycles. The van der Waals surface area contributed by atoms with E-state index in [1.165, 1.54) is 30.5 Å². The second kappa shape index (κ2) is 12.4. The zero-order valence-corrected chi connectivity index (χ0v) is 21.5. The van der Waals surface area contributed by atoms with Gasteiger partial charge in [0.25, 0.3) is 0 Å². The Morgan fingerprint density at radius 2 is 1.27 bits per heavy atom. The van der Waals surface area contributed by atoms with Crippen LogP contribution in [0.25, 0.3) is 0 Å². The lowest BCUT2D eigenvalue weighted by molar-refractivity contribution is -0.834. The second-order valence-electron chi connectivity index (χ2n) is 9.02. The van der Waals surface area contributed by atoms with Crippen molar-refractivity contribution in [2.75, 3.05) is 6.61 Å². The summed E-state index contributed by atoms with van der Waals surface area (Å²) in [5.41, 5.74) is 2.82. The summed E-state index contributed by atoms with van der Waals surface area (Å²) in [6.45, 7) is -0.408. The molecular formula is C29H25N3O9. The van der Waals surface area contributed by atoms with Crippen LogP contribution in [-0.4, -0.2) is 60.0 Å². The molecule has 210 valence electrons. The fraction of sp³-hybridized carbons (Fsp3) is 0.172. The number of quaternary nitrogens is 1. The summed E-state index contributed by atoms with van der Waals surface area (Å²) in [6, 6.07) is 23.5. The van der Waals surface area contributed by atoms with E-state index >= 15 is 0 Å². The van der Waals surface area contributed by atoms with Gasteiger partial charge in [0.2, 0.25) is 0 Å². The Morgan fingerprint density at radius 3 is 1.78 bits per heavy atom. The minimum Gasteiger partial charge on any atom is -0.603 e. The van der Waals surface area contributed by atoms with Crippen molar-refractivity contribution < 1.29 is 43.3 Å². The largest absolute Gasteiger partial charge is 0.603 e. The van der Waals surface area contributed by atoms with Gasteiger partial charge in [0.1, 0.15) is 18.9 Å². The average molecular weight is 560 g/mol. The Morgan fingerprint density at radius 1 is 0.780 bits per heavy atom. The lowest BCUT2D eigenvalue weighted by Gasteiger charge is -2.33. The Kier molecular flexibility index (Phi) is 8.34. The maximum absolute atomic E-state index is 13.1. The van der Waals surface area contributed by atoms with E-state index < -0.39 is 60.3 Å². The molecule has 2 aliphatic heterocycles. The zero-order chi connectivity index (χ0) is 28.8. The van der Waals surface area contributed by atoms with Gasteiger partial charge in [-0.25, -0.2) is 24.4 Å². The molecule has 5 rings (SSSR count). The van der Waals surface area contributed by atoms with Crippen molar-refractivity contribution in [3.63, 3.8) is 0 Å². The van der Waals surface area contributed by atoms with E-state index in [1.54, 1.807) is 66.7 Å². The number of nitrogens with zero attached hydrogens (tertiary/aromatic N) is 1. The molecule has 2 heterocycles. The highest BCUT2D eigenvalue weighted by Gasteiger charge is 2.54. The minimum absolute atomic E-state index is 0.201. The van der Waals surface area contributed by atoms with Crippen LogP contribution in [0.15, 0.2) is 103 Å². The number of rotatable bonds is 8. The number of ether oxygens (including phenoxy) is 4. The van der Waals surface area contributed by atoms with Gasteiger partial charge in [-0.1, -0.05) is 54.6 Å². The number of esters is 3. The molecular weight excluding hydrogens is 534 g/mol. The standard InChI is InChI=1S/C29H25N3O9/c33-26(19-10-4-1-5-11-19)38-18-22-23(40-27(34)20-12-6-2-7-13-20)24(41-28(35)21-14-8-3-9-15-21)25(39-22)31-16-17-32(37)30-29(31)36/h1-17,22-25,32H,18H2,(H,30,36)/t22-,23-,24+,25-/m1/s1. The molecule has 1 fully saturated rings. The first-order chi connectivity index (χ1) is 19.9. The SMILES string of the molecule is O=C(OC[C@H]1O[C@@H](N2C=C[NH+]([O-])NC2=O)[C@@H](OC(=O)c2ccccc2)[C@@H]1OC(=O)c1ccccc1)c1ccccc1. The Balaban J connectivity index is 1.46. The molecule has 0 bridgehead atoms. The molecule has 0 radical (unpaired) electrons. The van der Waals surface area contributed by atoms with Crippen molar-refractivity contribution in [2.45, 2.75) is 24.5 Å². The second-order valence-corrected chi connectivity index (χ2v) is 9.02. The normalized spacial score (nSPS) is 23.4. The summed E-state index contributed by atoms with van der Waals surface area (Å²) in [5, 5.41) is 11.1. The number of carbonyl (C=O) groups excluding carboxylic acids is 4. The number of nitrogens with one attached hydrogen (secondary N) is 2. The highest BCUT2D eigenvalue weighted by molar-refractivity contribution is 5.91. The van der Waals surface area contributed by atoms with Crippen LogP contribution < -0.4 is 10.6 Å². The van der Waals surface area contributed by atoms with Crippen LogP contribution >= 0.6 is 0 Å². The van der Waals surface area contributed by atoms with E-state index in [2.05, 4.69) is 5.43 Å². The number of benzene rings is 3. The maximum Gasteiger partial charge on any atom is 0.368 e. The van der Waals surface area contributed by atoms with Crippen LogP contribution in [0, 0.1) is 5.21 Å². The number of urea groups is 1. The van der Waals surface area contributed by atoms with E-state index in [0.717, 1.165) is 11.1 Å². The first kappa shape index (κ1) is 27.5. The van der Waals surface area contributed by atoms with Gasteiger partial charge in [0, 0.05) is 0 Å². The highest BCUT2D eigenvalue weighted by atomic mass is 16.7. The molecule has 3 aromatic carbocycles. The van der Waals surface area contributed by atoms with E-state index in [-0.39, 0.29) is 16.7 Å². The smallest absolute Gasteiger partial charge is 0.368 e. The summed E-state index contributed by atoms with van der Waals surface area (Å²) in [5.74, 6) is -2.19. The van der Waals surface area contributed by atoms with Gasteiger partial charge >= 0.3 is 23.9 Å². The summed E-state index contributed by atoms with van der Waals surface area (Å²) >= 11 is 0.